The Morgan fingerprint density at radius 3 is 2.30 bits per heavy atom. The normalized spacial score (nSPS) is 17.4. The van der Waals surface area contributed by atoms with Crippen LogP contribution in [0.4, 0.5) is 0 Å². The first kappa shape index (κ1) is 16.4. The first-order valence-electron chi connectivity index (χ1n) is 7.23. The van der Waals surface area contributed by atoms with Crippen molar-refractivity contribution in [2.45, 2.75) is 65.0 Å². The van der Waals surface area contributed by atoms with Crippen molar-refractivity contribution < 1.29 is 19.1 Å². The molecule has 112 valence electrons. The summed E-state index contributed by atoms with van der Waals surface area (Å²) >= 11 is 0. The molecular weight excluding hydrogens is 258 g/mol. The van der Waals surface area contributed by atoms with E-state index in [1.54, 1.807) is 0 Å². The zero-order valence-electron chi connectivity index (χ0n) is 12.4. The van der Waals surface area contributed by atoms with Crippen molar-refractivity contribution in [3.63, 3.8) is 0 Å². The number of carbonyl (C=O) groups is 3. The number of esters is 1. The standard InChI is InChI=1S/C15H23NO4/c1-4-5-6-7-8-11(2)20-15(19)12(3)16-13(17)9-10-14(16)18/h9-12H,4-8H2,1-3H3. The summed E-state index contributed by atoms with van der Waals surface area (Å²) in [7, 11) is 0. The fourth-order valence-electron chi connectivity index (χ4n) is 2.11. The Hall–Kier alpha value is -1.65. The molecule has 0 N–H and O–H groups in total. The van der Waals surface area contributed by atoms with E-state index in [4.69, 9.17) is 4.74 Å². The fourth-order valence-corrected chi connectivity index (χ4v) is 2.11. The summed E-state index contributed by atoms with van der Waals surface area (Å²) in [5.74, 6) is -1.46. The van der Waals surface area contributed by atoms with Gasteiger partial charge in [-0.15, -0.1) is 0 Å². The summed E-state index contributed by atoms with van der Waals surface area (Å²) < 4.78 is 5.29. The van der Waals surface area contributed by atoms with Gasteiger partial charge >= 0.3 is 5.97 Å². The molecule has 0 spiro atoms. The fraction of sp³-hybridized carbons (Fsp3) is 0.667. The molecule has 2 amide bonds. The highest BCUT2D eigenvalue weighted by atomic mass is 16.5. The van der Waals surface area contributed by atoms with Crippen molar-refractivity contribution >= 4 is 17.8 Å². The van der Waals surface area contributed by atoms with Gasteiger partial charge in [-0.2, -0.15) is 0 Å². The van der Waals surface area contributed by atoms with E-state index in [2.05, 4.69) is 6.92 Å². The van der Waals surface area contributed by atoms with Crippen molar-refractivity contribution in [1.82, 2.24) is 4.90 Å². The number of amides is 2. The lowest BCUT2D eigenvalue weighted by Crippen LogP contribution is -2.44. The van der Waals surface area contributed by atoms with Gasteiger partial charge in [0.05, 0.1) is 6.10 Å². The topological polar surface area (TPSA) is 63.7 Å². The van der Waals surface area contributed by atoms with E-state index in [-0.39, 0.29) is 6.10 Å². The number of imide groups is 1. The van der Waals surface area contributed by atoms with E-state index >= 15 is 0 Å². The van der Waals surface area contributed by atoms with Crippen LogP contribution >= 0.6 is 0 Å². The molecule has 5 nitrogen and oxygen atoms in total. The van der Waals surface area contributed by atoms with Crippen LogP contribution in [0.15, 0.2) is 12.2 Å². The van der Waals surface area contributed by atoms with Crippen LogP contribution in [-0.4, -0.2) is 34.8 Å². The van der Waals surface area contributed by atoms with E-state index in [0.717, 1.165) is 30.6 Å². The number of ether oxygens (including phenoxy) is 1. The summed E-state index contributed by atoms with van der Waals surface area (Å²) in [5, 5.41) is 0. The zero-order valence-corrected chi connectivity index (χ0v) is 12.4. The Morgan fingerprint density at radius 2 is 1.75 bits per heavy atom. The van der Waals surface area contributed by atoms with Gasteiger partial charge in [0.2, 0.25) is 0 Å². The molecule has 0 saturated heterocycles. The van der Waals surface area contributed by atoms with Crippen molar-refractivity contribution in [3.05, 3.63) is 12.2 Å². The van der Waals surface area contributed by atoms with Gasteiger partial charge < -0.3 is 4.74 Å². The highest BCUT2D eigenvalue weighted by Gasteiger charge is 2.34. The molecular formula is C15H23NO4. The average Bonchev–Trinajstić information content (AvgIpc) is 2.73. The zero-order chi connectivity index (χ0) is 15.1. The summed E-state index contributed by atoms with van der Waals surface area (Å²) in [5.41, 5.74) is 0. The molecule has 1 aliphatic heterocycles. The Morgan fingerprint density at radius 1 is 1.15 bits per heavy atom. The van der Waals surface area contributed by atoms with Crippen LogP contribution in [0.1, 0.15) is 52.9 Å². The van der Waals surface area contributed by atoms with Crippen LogP contribution in [0.5, 0.6) is 0 Å². The highest BCUT2D eigenvalue weighted by molar-refractivity contribution is 6.14. The van der Waals surface area contributed by atoms with E-state index in [1.807, 2.05) is 6.92 Å². The van der Waals surface area contributed by atoms with E-state index in [9.17, 15) is 14.4 Å². The molecule has 0 aromatic carbocycles. The Kier molecular flexibility index (Phi) is 6.42. The number of unbranched alkanes of at least 4 members (excludes halogenated alkanes) is 3. The molecule has 0 bridgehead atoms. The number of hydrogen-bond donors (Lipinski definition) is 0. The van der Waals surface area contributed by atoms with Gasteiger partial charge in [0, 0.05) is 12.2 Å². The maximum atomic E-state index is 11.9. The molecule has 0 aromatic heterocycles. The number of rotatable bonds is 8. The van der Waals surface area contributed by atoms with Gasteiger partial charge in [-0.3, -0.25) is 14.5 Å². The average molecular weight is 281 g/mol. The molecule has 1 rings (SSSR count). The SMILES string of the molecule is CCCCCCC(C)OC(=O)C(C)N1C(=O)C=CC1=O. The molecule has 20 heavy (non-hydrogen) atoms. The third-order valence-electron chi connectivity index (χ3n) is 3.35. The summed E-state index contributed by atoms with van der Waals surface area (Å²) in [6.45, 7) is 5.49. The van der Waals surface area contributed by atoms with Gasteiger partial charge in [-0.25, -0.2) is 4.79 Å². The molecule has 0 aliphatic carbocycles. The summed E-state index contributed by atoms with van der Waals surface area (Å²) in [6.07, 6.45) is 7.43. The molecule has 0 saturated carbocycles. The maximum absolute atomic E-state index is 11.9. The van der Waals surface area contributed by atoms with Crippen LogP contribution in [0.3, 0.4) is 0 Å². The minimum Gasteiger partial charge on any atom is -0.461 e. The van der Waals surface area contributed by atoms with Gasteiger partial charge in [0.1, 0.15) is 6.04 Å². The molecule has 1 aliphatic rings. The second kappa shape index (κ2) is 7.82. The van der Waals surface area contributed by atoms with Crippen LogP contribution < -0.4 is 0 Å². The van der Waals surface area contributed by atoms with Gasteiger partial charge in [-0.05, 0) is 26.7 Å². The van der Waals surface area contributed by atoms with E-state index in [1.165, 1.54) is 25.5 Å². The van der Waals surface area contributed by atoms with Gasteiger partial charge in [-0.1, -0.05) is 26.2 Å². The molecule has 2 unspecified atom stereocenters. The smallest absolute Gasteiger partial charge is 0.329 e. The first-order valence-corrected chi connectivity index (χ1v) is 7.23. The van der Waals surface area contributed by atoms with Crippen LogP contribution in [0, 0.1) is 0 Å². The molecule has 5 heteroatoms. The molecule has 0 fully saturated rings. The molecule has 2 atom stereocenters. The van der Waals surface area contributed by atoms with E-state index < -0.39 is 23.8 Å². The van der Waals surface area contributed by atoms with Crippen LogP contribution in [0.2, 0.25) is 0 Å². The van der Waals surface area contributed by atoms with Gasteiger partial charge in [0.25, 0.3) is 11.8 Å². The van der Waals surface area contributed by atoms with Crippen molar-refractivity contribution in [2.75, 3.05) is 0 Å². The Labute approximate surface area is 120 Å². The Balaban J connectivity index is 2.38. The summed E-state index contributed by atoms with van der Waals surface area (Å²) in [4.78, 5) is 35.8. The summed E-state index contributed by atoms with van der Waals surface area (Å²) in [6, 6.07) is -0.872. The second-order valence-corrected chi connectivity index (χ2v) is 5.15. The lowest BCUT2D eigenvalue weighted by Gasteiger charge is -2.23. The quantitative estimate of drug-likeness (QED) is 0.389. The Bertz CT molecular complexity index is 385. The molecule has 1 heterocycles. The monoisotopic (exact) mass is 281 g/mol. The predicted octanol–water partition coefficient (Wildman–Crippen LogP) is 2.20. The van der Waals surface area contributed by atoms with Crippen LogP contribution in [0.25, 0.3) is 0 Å². The number of hydrogen-bond acceptors (Lipinski definition) is 4. The highest BCUT2D eigenvalue weighted by Crippen LogP contribution is 2.13. The third-order valence-corrected chi connectivity index (χ3v) is 3.35. The van der Waals surface area contributed by atoms with Crippen molar-refractivity contribution in [2.24, 2.45) is 0 Å². The van der Waals surface area contributed by atoms with Crippen molar-refractivity contribution in [1.29, 1.82) is 0 Å². The number of nitrogens with zero attached hydrogens (tertiary/aromatic N) is 1. The van der Waals surface area contributed by atoms with Gasteiger partial charge in [0.15, 0.2) is 0 Å². The minimum atomic E-state index is -0.872. The predicted molar refractivity (Wildman–Crippen MR) is 74.8 cm³/mol. The first-order chi connectivity index (χ1) is 9.47. The molecule has 0 aromatic rings. The second-order valence-electron chi connectivity index (χ2n) is 5.15. The van der Waals surface area contributed by atoms with Crippen molar-refractivity contribution in [3.8, 4) is 0 Å². The minimum absolute atomic E-state index is 0.192. The maximum Gasteiger partial charge on any atom is 0.329 e. The molecule has 0 radical (unpaired) electrons. The van der Waals surface area contributed by atoms with E-state index in [0.29, 0.717) is 0 Å². The lowest BCUT2D eigenvalue weighted by molar-refractivity contribution is -0.160. The largest absolute Gasteiger partial charge is 0.461 e. The van der Waals surface area contributed by atoms with Crippen LogP contribution in [-0.2, 0) is 19.1 Å². The number of carbonyl (C=O) groups excluding carboxylic acids is 3. The lowest BCUT2D eigenvalue weighted by atomic mass is 10.1. The third kappa shape index (κ3) is 4.47.